The van der Waals surface area contributed by atoms with Crippen molar-refractivity contribution in [2.45, 2.75) is 36.6 Å². The van der Waals surface area contributed by atoms with Crippen LogP contribution in [0.5, 0.6) is 0 Å². The van der Waals surface area contributed by atoms with Crippen LogP contribution < -0.4 is 15.4 Å². The van der Waals surface area contributed by atoms with E-state index in [1.165, 1.54) is 31.9 Å². The lowest BCUT2D eigenvalue weighted by Crippen LogP contribution is -2.33. The van der Waals surface area contributed by atoms with E-state index in [1.807, 2.05) is 24.3 Å². The second-order valence-electron chi connectivity index (χ2n) is 6.17. The summed E-state index contributed by atoms with van der Waals surface area (Å²) in [5, 5.41) is 5.32. The number of aromatic nitrogens is 1. The van der Waals surface area contributed by atoms with Gasteiger partial charge in [0.25, 0.3) is 5.91 Å². The molecule has 0 spiro atoms. The molecule has 26 heavy (non-hydrogen) atoms. The van der Waals surface area contributed by atoms with Crippen molar-refractivity contribution in [3.8, 4) is 0 Å². The Kier molecular flexibility index (Phi) is 6.62. The summed E-state index contributed by atoms with van der Waals surface area (Å²) < 4.78 is 3.48. The Morgan fingerprint density at radius 2 is 1.85 bits per heavy atom. The highest BCUT2D eigenvalue weighted by Gasteiger charge is 2.14. The van der Waals surface area contributed by atoms with Crippen LogP contribution >= 0.6 is 11.9 Å². The Labute approximate surface area is 157 Å². The minimum absolute atomic E-state index is 0.102. The zero-order valence-electron chi connectivity index (χ0n) is 14.4. The van der Waals surface area contributed by atoms with E-state index in [9.17, 15) is 9.59 Å². The zero-order valence-corrected chi connectivity index (χ0v) is 15.2. The maximum absolute atomic E-state index is 12.0. The third-order valence-corrected chi connectivity index (χ3v) is 5.10. The lowest BCUT2D eigenvalue weighted by Gasteiger charge is -2.11. The Morgan fingerprint density at radius 1 is 1.08 bits per heavy atom. The quantitative estimate of drug-likeness (QED) is 0.653. The molecule has 1 aliphatic carbocycles. The summed E-state index contributed by atoms with van der Waals surface area (Å²) in [6.45, 7) is -0.102. The molecule has 0 bridgehead atoms. The van der Waals surface area contributed by atoms with Crippen molar-refractivity contribution in [3.05, 3.63) is 54.4 Å². The van der Waals surface area contributed by atoms with Gasteiger partial charge in [0.1, 0.15) is 5.69 Å². The molecule has 1 heterocycles. The van der Waals surface area contributed by atoms with Crippen molar-refractivity contribution in [3.63, 3.8) is 0 Å². The molecule has 1 aromatic heterocycles. The predicted molar refractivity (Wildman–Crippen MR) is 103 cm³/mol. The first-order valence-electron chi connectivity index (χ1n) is 8.72. The smallest absolute Gasteiger partial charge is 0.270 e. The van der Waals surface area contributed by atoms with E-state index in [0.717, 1.165) is 4.90 Å². The number of hydrogen-bond acceptors (Lipinski definition) is 5. The monoisotopic (exact) mass is 370 g/mol. The molecule has 0 aliphatic heterocycles. The maximum atomic E-state index is 12.0. The number of rotatable bonds is 7. The van der Waals surface area contributed by atoms with Gasteiger partial charge in [0.15, 0.2) is 0 Å². The minimum atomic E-state index is -0.370. The van der Waals surface area contributed by atoms with Gasteiger partial charge in [0, 0.05) is 22.8 Å². The summed E-state index contributed by atoms with van der Waals surface area (Å²) in [6, 6.07) is 13.3. The molecule has 0 radical (unpaired) electrons. The predicted octanol–water partition coefficient (Wildman–Crippen LogP) is 2.99. The third kappa shape index (κ3) is 5.57. The number of pyridine rings is 1. The largest absolute Gasteiger partial charge is 0.342 e. The highest BCUT2D eigenvalue weighted by Crippen LogP contribution is 2.23. The molecule has 1 fully saturated rings. The van der Waals surface area contributed by atoms with Crippen LogP contribution in [0.2, 0.25) is 0 Å². The molecular formula is C19H22N4O2S. The number of carbonyl (C=O) groups excluding carboxylic acids is 2. The van der Waals surface area contributed by atoms with E-state index in [1.54, 1.807) is 30.1 Å². The van der Waals surface area contributed by atoms with E-state index >= 15 is 0 Å². The van der Waals surface area contributed by atoms with Gasteiger partial charge >= 0.3 is 0 Å². The molecule has 0 saturated heterocycles. The van der Waals surface area contributed by atoms with Crippen molar-refractivity contribution in [1.29, 1.82) is 0 Å². The molecule has 136 valence electrons. The van der Waals surface area contributed by atoms with E-state index in [0.29, 0.717) is 11.7 Å². The molecule has 3 N–H and O–H groups in total. The normalized spacial score (nSPS) is 14.2. The standard InChI is InChI=1S/C19H22N4O2S/c24-18(13-21-19(25)17-7-3-4-12-20-17)22-14-8-10-16(11-9-14)26-23-15-5-1-2-6-15/h3-4,7-12,15,23H,1-2,5-6,13H2,(H,21,25)(H,22,24). The number of amides is 2. The van der Waals surface area contributed by atoms with Gasteiger partial charge in [-0.2, -0.15) is 0 Å². The van der Waals surface area contributed by atoms with Gasteiger partial charge in [-0.05, 0) is 61.2 Å². The van der Waals surface area contributed by atoms with Gasteiger partial charge in [-0.15, -0.1) is 0 Å². The van der Waals surface area contributed by atoms with E-state index in [2.05, 4.69) is 20.3 Å². The number of benzene rings is 1. The molecule has 1 aliphatic rings. The van der Waals surface area contributed by atoms with Crippen molar-refractivity contribution in [2.75, 3.05) is 11.9 Å². The fraction of sp³-hybridized carbons (Fsp3) is 0.316. The van der Waals surface area contributed by atoms with E-state index in [-0.39, 0.29) is 24.1 Å². The second kappa shape index (κ2) is 9.35. The molecule has 6 nitrogen and oxygen atoms in total. The Balaban J connectivity index is 1.41. The molecule has 0 atom stereocenters. The van der Waals surface area contributed by atoms with E-state index in [4.69, 9.17) is 0 Å². The fourth-order valence-corrected chi connectivity index (χ4v) is 3.57. The van der Waals surface area contributed by atoms with Crippen molar-refractivity contribution in [1.82, 2.24) is 15.0 Å². The molecule has 0 unspecified atom stereocenters. The number of nitrogens with one attached hydrogen (secondary N) is 3. The lowest BCUT2D eigenvalue weighted by atomic mass is 10.3. The topological polar surface area (TPSA) is 83.1 Å². The molecular weight excluding hydrogens is 348 g/mol. The summed E-state index contributed by atoms with van der Waals surface area (Å²) in [4.78, 5) is 28.9. The SMILES string of the molecule is O=C(CNC(=O)c1ccccn1)Nc1ccc(SNC2CCCC2)cc1. The van der Waals surface area contributed by atoms with Crippen LogP contribution in [0.4, 0.5) is 5.69 Å². The van der Waals surface area contributed by atoms with Crippen LogP contribution in [0, 0.1) is 0 Å². The van der Waals surface area contributed by atoms with Gasteiger partial charge in [-0.3, -0.25) is 19.3 Å². The average molecular weight is 370 g/mol. The minimum Gasteiger partial charge on any atom is -0.342 e. The summed E-state index contributed by atoms with van der Waals surface area (Å²) in [5.74, 6) is -0.649. The first-order chi connectivity index (χ1) is 12.7. The lowest BCUT2D eigenvalue weighted by molar-refractivity contribution is -0.115. The Hall–Kier alpha value is -2.38. The maximum Gasteiger partial charge on any atom is 0.270 e. The van der Waals surface area contributed by atoms with Crippen LogP contribution in [0.15, 0.2) is 53.6 Å². The summed E-state index contributed by atoms with van der Waals surface area (Å²) in [6.07, 6.45) is 6.63. The number of carbonyl (C=O) groups is 2. The average Bonchev–Trinajstić information content (AvgIpc) is 3.20. The molecule has 3 rings (SSSR count). The van der Waals surface area contributed by atoms with Crippen molar-refractivity contribution < 1.29 is 9.59 Å². The highest BCUT2D eigenvalue weighted by molar-refractivity contribution is 7.97. The first kappa shape index (κ1) is 18.4. The van der Waals surface area contributed by atoms with Gasteiger partial charge in [0.05, 0.1) is 6.54 Å². The first-order valence-corrected chi connectivity index (χ1v) is 9.54. The number of hydrogen-bond donors (Lipinski definition) is 3. The van der Waals surface area contributed by atoms with Crippen LogP contribution in [-0.4, -0.2) is 29.4 Å². The molecule has 1 aromatic carbocycles. The summed E-state index contributed by atoms with van der Waals surface area (Å²) in [5.41, 5.74) is 0.990. The fourth-order valence-electron chi connectivity index (χ4n) is 2.75. The van der Waals surface area contributed by atoms with Gasteiger partial charge in [0.2, 0.25) is 5.91 Å². The summed E-state index contributed by atoms with van der Waals surface area (Å²) >= 11 is 1.63. The van der Waals surface area contributed by atoms with Crippen LogP contribution in [0.3, 0.4) is 0 Å². The highest BCUT2D eigenvalue weighted by atomic mass is 32.2. The molecule has 2 amide bonds. The second-order valence-corrected chi connectivity index (χ2v) is 7.08. The van der Waals surface area contributed by atoms with Crippen molar-refractivity contribution >= 4 is 29.4 Å². The molecule has 1 saturated carbocycles. The van der Waals surface area contributed by atoms with Crippen LogP contribution in [0.1, 0.15) is 36.2 Å². The number of anilines is 1. The zero-order chi connectivity index (χ0) is 18.2. The van der Waals surface area contributed by atoms with Crippen molar-refractivity contribution in [2.24, 2.45) is 0 Å². The third-order valence-electron chi connectivity index (χ3n) is 4.14. The Bertz CT molecular complexity index is 731. The van der Waals surface area contributed by atoms with E-state index < -0.39 is 0 Å². The van der Waals surface area contributed by atoms with Gasteiger partial charge in [-0.1, -0.05) is 18.9 Å². The van der Waals surface area contributed by atoms with Gasteiger partial charge < -0.3 is 10.6 Å². The Morgan fingerprint density at radius 3 is 2.54 bits per heavy atom. The van der Waals surface area contributed by atoms with Crippen LogP contribution in [0.25, 0.3) is 0 Å². The molecule has 2 aromatic rings. The van der Waals surface area contributed by atoms with Gasteiger partial charge in [-0.25, -0.2) is 0 Å². The molecule has 7 heteroatoms. The summed E-state index contributed by atoms with van der Waals surface area (Å²) in [7, 11) is 0. The number of nitrogens with zero attached hydrogens (tertiary/aromatic N) is 1. The van der Waals surface area contributed by atoms with Crippen LogP contribution in [-0.2, 0) is 4.79 Å².